The van der Waals surface area contributed by atoms with Crippen molar-refractivity contribution in [3.05, 3.63) is 0 Å². The molecule has 1 heteroatoms. The van der Waals surface area contributed by atoms with E-state index in [2.05, 4.69) is 33.0 Å². The highest BCUT2D eigenvalue weighted by atomic mass is 15.0. The minimum Gasteiger partial charge on any atom is -0.307 e. The van der Waals surface area contributed by atoms with E-state index < -0.39 is 0 Å². The average molecular weight is 183 g/mol. The maximum absolute atomic E-state index is 3.82. The Hall–Kier alpha value is -0.0400. The van der Waals surface area contributed by atoms with Gasteiger partial charge in [0.15, 0.2) is 0 Å². The second-order valence-corrected chi connectivity index (χ2v) is 5.57. The maximum Gasteiger partial charge on any atom is 0.0183 e. The predicted molar refractivity (Wildman–Crippen MR) is 59.0 cm³/mol. The maximum atomic E-state index is 3.82. The largest absolute Gasteiger partial charge is 0.307 e. The number of hydrogen-bond acceptors (Lipinski definition) is 1. The van der Waals surface area contributed by atoms with Crippen LogP contribution in [0, 0.1) is 0 Å². The Morgan fingerprint density at radius 1 is 1.08 bits per heavy atom. The zero-order valence-electron chi connectivity index (χ0n) is 9.74. The molecule has 1 aliphatic rings. The molecule has 78 valence electrons. The van der Waals surface area contributed by atoms with Gasteiger partial charge in [-0.15, -0.1) is 0 Å². The third-order valence-corrected chi connectivity index (χ3v) is 3.13. The normalized spacial score (nSPS) is 23.1. The van der Waals surface area contributed by atoms with Gasteiger partial charge in [-0.1, -0.05) is 26.2 Å². The molecule has 0 aromatic rings. The van der Waals surface area contributed by atoms with Crippen LogP contribution in [0.3, 0.4) is 0 Å². The molecular weight excluding hydrogens is 158 g/mol. The van der Waals surface area contributed by atoms with Crippen molar-refractivity contribution in [2.24, 2.45) is 0 Å². The summed E-state index contributed by atoms with van der Waals surface area (Å²) in [6.45, 7) is 9.15. The quantitative estimate of drug-likeness (QED) is 0.691. The monoisotopic (exact) mass is 183 g/mol. The van der Waals surface area contributed by atoms with Gasteiger partial charge in [0.1, 0.15) is 0 Å². The third kappa shape index (κ3) is 3.30. The minimum atomic E-state index is 0.271. The lowest BCUT2D eigenvalue weighted by Crippen LogP contribution is -2.54. The van der Waals surface area contributed by atoms with E-state index in [4.69, 9.17) is 0 Å². The summed E-state index contributed by atoms with van der Waals surface area (Å²) in [6.07, 6.45) is 8.30. The molecule has 1 rings (SSSR count). The van der Waals surface area contributed by atoms with Crippen LogP contribution in [-0.4, -0.2) is 11.1 Å². The van der Waals surface area contributed by atoms with Gasteiger partial charge < -0.3 is 5.32 Å². The molecule has 0 aliphatic heterocycles. The molecular formula is C12H25N. The zero-order valence-corrected chi connectivity index (χ0v) is 9.74. The van der Waals surface area contributed by atoms with Crippen LogP contribution in [0.5, 0.6) is 0 Å². The van der Waals surface area contributed by atoms with E-state index in [1.807, 2.05) is 0 Å². The smallest absolute Gasteiger partial charge is 0.0183 e. The molecule has 0 aromatic carbocycles. The van der Waals surface area contributed by atoms with Crippen LogP contribution in [0.1, 0.15) is 66.2 Å². The highest BCUT2D eigenvalue weighted by Crippen LogP contribution is 2.32. The fraction of sp³-hybridized carbons (Fsp3) is 1.00. The molecule has 0 aromatic heterocycles. The summed E-state index contributed by atoms with van der Waals surface area (Å²) >= 11 is 0. The molecule has 0 atom stereocenters. The van der Waals surface area contributed by atoms with Gasteiger partial charge in [0, 0.05) is 11.1 Å². The summed E-state index contributed by atoms with van der Waals surface area (Å²) in [4.78, 5) is 0. The van der Waals surface area contributed by atoms with Crippen molar-refractivity contribution in [3.63, 3.8) is 0 Å². The Morgan fingerprint density at radius 2 is 1.62 bits per heavy atom. The van der Waals surface area contributed by atoms with Crippen LogP contribution in [0.25, 0.3) is 0 Å². The first-order valence-electron chi connectivity index (χ1n) is 5.77. The minimum absolute atomic E-state index is 0.271. The van der Waals surface area contributed by atoms with Crippen molar-refractivity contribution in [1.82, 2.24) is 5.32 Å². The SMILES string of the molecule is CCC1(NC(C)(C)C)CCCCC1. The summed E-state index contributed by atoms with van der Waals surface area (Å²) in [7, 11) is 0. The van der Waals surface area contributed by atoms with Crippen LogP contribution in [0.2, 0.25) is 0 Å². The van der Waals surface area contributed by atoms with E-state index in [0.29, 0.717) is 5.54 Å². The highest BCUT2D eigenvalue weighted by Gasteiger charge is 2.32. The lowest BCUT2D eigenvalue weighted by atomic mass is 9.78. The van der Waals surface area contributed by atoms with E-state index in [9.17, 15) is 0 Å². The Labute approximate surface area is 83.3 Å². The molecule has 1 aliphatic carbocycles. The van der Waals surface area contributed by atoms with Crippen molar-refractivity contribution in [1.29, 1.82) is 0 Å². The summed E-state index contributed by atoms with van der Waals surface area (Å²) in [6, 6.07) is 0. The first-order valence-corrected chi connectivity index (χ1v) is 5.77. The average Bonchev–Trinajstić information content (AvgIpc) is 2.03. The Kier molecular flexibility index (Phi) is 3.39. The summed E-state index contributed by atoms with van der Waals surface area (Å²) < 4.78 is 0. The molecule has 0 bridgehead atoms. The first-order chi connectivity index (χ1) is 5.97. The predicted octanol–water partition coefficient (Wildman–Crippen LogP) is 3.49. The van der Waals surface area contributed by atoms with Gasteiger partial charge in [-0.2, -0.15) is 0 Å². The molecule has 1 fully saturated rings. The van der Waals surface area contributed by atoms with Gasteiger partial charge in [-0.05, 0) is 40.0 Å². The van der Waals surface area contributed by atoms with Crippen LogP contribution in [0.4, 0.5) is 0 Å². The van der Waals surface area contributed by atoms with E-state index in [-0.39, 0.29) is 5.54 Å². The molecule has 0 radical (unpaired) electrons. The second kappa shape index (κ2) is 4.00. The van der Waals surface area contributed by atoms with E-state index in [0.717, 1.165) is 0 Å². The molecule has 0 unspecified atom stereocenters. The fourth-order valence-electron chi connectivity index (χ4n) is 2.59. The van der Waals surface area contributed by atoms with Crippen LogP contribution in [0.15, 0.2) is 0 Å². The topological polar surface area (TPSA) is 12.0 Å². The molecule has 0 saturated heterocycles. The Balaban J connectivity index is 2.57. The lowest BCUT2D eigenvalue weighted by molar-refractivity contribution is 0.174. The lowest BCUT2D eigenvalue weighted by Gasteiger charge is -2.43. The molecule has 0 spiro atoms. The third-order valence-electron chi connectivity index (χ3n) is 3.13. The van der Waals surface area contributed by atoms with Crippen molar-refractivity contribution < 1.29 is 0 Å². The van der Waals surface area contributed by atoms with Crippen LogP contribution in [-0.2, 0) is 0 Å². The van der Waals surface area contributed by atoms with Crippen LogP contribution < -0.4 is 5.32 Å². The summed E-state index contributed by atoms with van der Waals surface area (Å²) in [5.74, 6) is 0. The van der Waals surface area contributed by atoms with E-state index in [1.165, 1.54) is 38.5 Å². The Bertz CT molecular complexity index is 149. The van der Waals surface area contributed by atoms with Crippen molar-refractivity contribution >= 4 is 0 Å². The van der Waals surface area contributed by atoms with Gasteiger partial charge in [0.25, 0.3) is 0 Å². The van der Waals surface area contributed by atoms with Crippen molar-refractivity contribution in [2.75, 3.05) is 0 Å². The zero-order chi connectivity index (χ0) is 9.95. The molecule has 0 heterocycles. The number of nitrogens with one attached hydrogen (secondary N) is 1. The molecule has 1 N–H and O–H groups in total. The number of hydrogen-bond donors (Lipinski definition) is 1. The summed E-state index contributed by atoms with van der Waals surface area (Å²) in [5.41, 5.74) is 0.726. The molecule has 1 nitrogen and oxygen atoms in total. The molecule has 13 heavy (non-hydrogen) atoms. The summed E-state index contributed by atoms with van der Waals surface area (Å²) in [5, 5.41) is 3.82. The standard InChI is InChI=1S/C12H25N/c1-5-12(13-11(2,3)4)9-7-6-8-10-12/h13H,5-10H2,1-4H3. The Morgan fingerprint density at radius 3 is 2.00 bits per heavy atom. The van der Waals surface area contributed by atoms with E-state index >= 15 is 0 Å². The van der Waals surface area contributed by atoms with Gasteiger partial charge in [-0.3, -0.25) is 0 Å². The first kappa shape index (κ1) is 11.0. The van der Waals surface area contributed by atoms with Crippen molar-refractivity contribution in [3.8, 4) is 0 Å². The number of rotatable bonds is 2. The molecule has 0 amide bonds. The van der Waals surface area contributed by atoms with Gasteiger partial charge in [-0.25, -0.2) is 0 Å². The fourth-order valence-corrected chi connectivity index (χ4v) is 2.59. The van der Waals surface area contributed by atoms with E-state index in [1.54, 1.807) is 0 Å². The van der Waals surface area contributed by atoms with Gasteiger partial charge in [0.2, 0.25) is 0 Å². The van der Waals surface area contributed by atoms with Gasteiger partial charge in [0.05, 0.1) is 0 Å². The van der Waals surface area contributed by atoms with Crippen molar-refractivity contribution in [2.45, 2.75) is 77.3 Å². The second-order valence-electron chi connectivity index (χ2n) is 5.57. The molecule has 1 saturated carbocycles. The van der Waals surface area contributed by atoms with Crippen LogP contribution >= 0.6 is 0 Å². The van der Waals surface area contributed by atoms with Gasteiger partial charge >= 0.3 is 0 Å². The highest BCUT2D eigenvalue weighted by molar-refractivity contribution is 4.93.